The number of hydrogen-bond acceptors (Lipinski definition) is 2. The Kier molecular flexibility index (Phi) is 3.00. The Morgan fingerprint density at radius 1 is 0.815 bits per heavy atom. The standard InChI is InChI=1S/C24H18N2O/c27-24-23-12-22-17(10-20(23)13-25-26-24)6-5-16-9-18-7-14-3-1-2-4-15(14)8-19(18)11-21(16)22/h1-11,23,25H,12-13H2,(H,26,27). The van der Waals surface area contributed by atoms with Crippen LogP contribution in [0.2, 0.25) is 0 Å². The van der Waals surface area contributed by atoms with E-state index in [0.717, 1.165) is 13.0 Å². The molecular formula is C24H18N2O. The average Bonchev–Trinajstić information content (AvgIpc) is 2.70. The van der Waals surface area contributed by atoms with Gasteiger partial charge in [-0.1, -0.05) is 42.5 Å². The van der Waals surface area contributed by atoms with Crippen molar-refractivity contribution in [3.63, 3.8) is 0 Å². The van der Waals surface area contributed by atoms with Gasteiger partial charge in [0, 0.05) is 6.54 Å². The van der Waals surface area contributed by atoms with Crippen molar-refractivity contribution in [2.75, 3.05) is 6.54 Å². The van der Waals surface area contributed by atoms with Crippen LogP contribution in [0, 0.1) is 5.92 Å². The fourth-order valence-electron chi connectivity index (χ4n) is 4.60. The van der Waals surface area contributed by atoms with Crippen LogP contribution in [0.3, 0.4) is 0 Å². The molecule has 0 spiro atoms. The first-order valence-corrected chi connectivity index (χ1v) is 9.38. The Hall–Kier alpha value is -3.17. The Bertz CT molecular complexity index is 1300. The number of hydrazine groups is 1. The second-order valence-corrected chi connectivity index (χ2v) is 7.57. The summed E-state index contributed by atoms with van der Waals surface area (Å²) in [4.78, 5) is 12.3. The number of rotatable bonds is 0. The Morgan fingerprint density at radius 3 is 2.37 bits per heavy atom. The van der Waals surface area contributed by atoms with Crippen LogP contribution in [0.5, 0.6) is 0 Å². The number of benzene rings is 4. The van der Waals surface area contributed by atoms with Gasteiger partial charge in [-0.2, -0.15) is 0 Å². The first-order valence-electron chi connectivity index (χ1n) is 9.38. The fraction of sp³-hybridized carbons (Fsp3) is 0.125. The van der Waals surface area contributed by atoms with Gasteiger partial charge in [0.2, 0.25) is 5.91 Å². The first kappa shape index (κ1) is 14.9. The van der Waals surface area contributed by atoms with E-state index in [2.05, 4.69) is 77.6 Å². The molecule has 2 aliphatic rings. The molecule has 3 heteroatoms. The molecule has 1 heterocycles. The summed E-state index contributed by atoms with van der Waals surface area (Å²) in [7, 11) is 0. The highest BCUT2D eigenvalue weighted by atomic mass is 16.2. The van der Waals surface area contributed by atoms with Gasteiger partial charge in [-0.3, -0.25) is 10.2 Å². The molecule has 1 aliphatic heterocycles. The van der Waals surface area contributed by atoms with Crippen LogP contribution in [-0.4, -0.2) is 12.5 Å². The highest BCUT2D eigenvalue weighted by molar-refractivity contribution is 6.06. The molecule has 1 atom stereocenters. The van der Waals surface area contributed by atoms with E-state index in [1.165, 1.54) is 49.0 Å². The molecule has 0 radical (unpaired) electrons. The van der Waals surface area contributed by atoms with Gasteiger partial charge in [0.25, 0.3) is 0 Å². The van der Waals surface area contributed by atoms with Crippen molar-refractivity contribution in [3.05, 3.63) is 77.4 Å². The number of carbonyl (C=O) groups excluding carboxylic acids is 1. The van der Waals surface area contributed by atoms with Crippen molar-refractivity contribution in [3.8, 4) is 0 Å². The number of hydrogen-bond donors (Lipinski definition) is 2. The maximum atomic E-state index is 12.3. The van der Waals surface area contributed by atoms with E-state index in [9.17, 15) is 4.79 Å². The smallest absolute Gasteiger partial charge is 0.241 e. The highest BCUT2D eigenvalue weighted by Crippen LogP contribution is 2.36. The molecule has 3 nitrogen and oxygen atoms in total. The summed E-state index contributed by atoms with van der Waals surface area (Å²) in [5.41, 5.74) is 9.46. The lowest BCUT2D eigenvalue weighted by atomic mass is 9.80. The largest absolute Gasteiger partial charge is 0.291 e. The van der Waals surface area contributed by atoms with Crippen LogP contribution in [-0.2, 0) is 11.2 Å². The third-order valence-electron chi connectivity index (χ3n) is 6.01. The lowest BCUT2D eigenvalue weighted by molar-refractivity contribution is -0.125. The molecule has 130 valence electrons. The van der Waals surface area contributed by atoms with E-state index in [4.69, 9.17) is 0 Å². The maximum absolute atomic E-state index is 12.3. The summed E-state index contributed by atoms with van der Waals surface area (Å²) >= 11 is 0. The van der Waals surface area contributed by atoms with Gasteiger partial charge >= 0.3 is 0 Å². The lowest BCUT2D eigenvalue weighted by Gasteiger charge is -2.30. The minimum absolute atomic E-state index is 0.0587. The van der Waals surface area contributed by atoms with Crippen LogP contribution in [0.1, 0.15) is 11.1 Å². The van der Waals surface area contributed by atoms with Crippen LogP contribution in [0.15, 0.2) is 66.2 Å². The molecule has 1 fully saturated rings. The Morgan fingerprint density at radius 2 is 1.56 bits per heavy atom. The third-order valence-corrected chi connectivity index (χ3v) is 6.01. The van der Waals surface area contributed by atoms with Crippen molar-refractivity contribution in [2.45, 2.75) is 6.42 Å². The summed E-state index contributed by atoms with van der Waals surface area (Å²) in [6.45, 7) is 0.720. The zero-order valence-electron chi connectivity index (χ0n) is 14.8. The molecule has 0 saturated carbocycles. The van der Waals surface area contributed by atoms with Crippen molar-refractivity contribution in [1.29, 1.82) is 0 Å². The predicted molar refractivity (Wildman–Crippen MR) is 110 cm³/mol. The third kappa shape index (κ3) is 2.22. The molecule has 6 rings (SSSR count). The molecule has 1 amide bonds. The van der Waals surface area contributed by atoms with Gasteiger partial charge in [-0.05, 0) is 79.7 Å². The van der Waals surface area contributed by atoms with Crippen LogP contribution >= 0.6 is 0 Å². The monoisotopic (exact) mass is 350 g/mol. The normalized spacial score (nSPS) is 18.9. The summed E-state index contributed by atoms with van der Waals surface area (Å²) in [5.74, 6) is 0.0126. The van der Waals surface area contributed by atoms with E-state index < -0.39 is 0 Å². The fourth-order valence-corrected chi connectivity index (χ4v) is 4.60. The second-order valence-electron chi connectivity index (χ2n) is 7.57. The molecule has 27 heavy (non-hydrogen) atoms. The van der Waals surface area contributed by atoms with Gasteiger partial charge in [0.1, 0.15) is 0 Å². The molecule has 1 saturated heterocycles. The zero-order chi connectivity index (χ0) is 18.0. The molecule has 2 N–H and O–H groups in total. The van der Waals surface area contributed by atoms with Crippen LogP contribution in [0.25, 0.3) is 38.4 Å². The van der Waals surface area contributed by atoms with E-state index in [1.54, 1.807) is 0 Å². The molecule has 1 unspecified atom stereocenters. The minimum Gasteiger partial charge on any atom is -0.291 e. The van der Waals surface area contributed by atoms with E-state index in [1.807, 2.05) is 0 Å². The lowest BCUT2D eigenvalue weighted by Crippen LogP contribution is -2.50. The molecular weight excluding hydrogens is 332 g/mol. The summed E-state index contributed by atoms with van der Waals surface area (Å²) < 4.78 is 0. The van der Waals surface area contributed by atoms with E-state index in [0.29, 0.717) is 0 Å². The van der Waals surface area contributed by atoms with Gasteiger partial charge in [-0.25, -0.2) is 5.43 Å². The minimum atomic E-state index is -0.0587. The zero-order valence-corrected chi connectivity index (χ0v) is 14.8. The van der Waals surface area contributed by atoms with Gasteiger partial charge < -0.3 is 0 Å². The van der Waals surface area contributed by atoms with Crippen LogP contribution in [0.4, 0.5) is 0 Å². The topological polar surface area (TPSA) is 41.1 Å². The summed E-state index contributed by atoms with van der Waals surface area (Å²) in [6, 6.07) is 22.0. The molecule has 0 aromatic heterocycles. The molecule has 4 aromatic carbocycles. The van der Waals surface area contributed by atoms with Crippen LogP contribution < -0.4 is 10.9 Å². The van der Waals surface area contributed by atoms with Gasteiger partial charge in [-0.15, -0.1) is 0 Å². The summed E-state index contributed by atoms with van der Waals surface area (Å²) in [6.07, 6.45) is 2.96. The number of nitrogens with one attached hydrogen (secondary N) is 2. The number of fused-ring (bicyclic) bond motifs is 6. The van der Waals surface area contributed by atoms with E-state index in [-0.39, 0.29) is 11.8 Å². The SMILES string of the molecule is O=C1NNCC2=Cc3ccc4cc5cc6ccccc6cc5cc4c3CC12. The molecule has 1 aliphatic carbocycles. The molecule has 0 bridgehead atoms. The predicted octanol–water partition coefficient (Wildman–Crippen LogP) is 4.34. The highest BCUT2D eigenvalue weighted by Gasteiger charge is 2.31. The number of amides is 1. The van der Waals surface area contributed by atoms with Crippen molar-refractivity contribution in [2.24, 2.45) is 5.92 Å². The van der Waals surface area contributed by atoms with E-state index >= 15 is 0 Å². The van der Waals surface area contributed by atoms with Gasteiger partial charge in [0.05, 0.1) is 5.92 Å². The summed E-state index contributed by atoms with van der Waals surface area (Å²) in [5, 5.41) is 7.53. The Balaban J connectivity index is 1.62. The maximum Gasteiger partial charge on any atom is 0.241 e. The first-order chi connectivity index (χ1) is 13.3. The van der Waals surface area contributed by atoms with Crippen molar-refractivity contribution < 1.29 is 4.79 Å². The van der Waals surface area contributed by atoms with Crippen molar-refractivity contribution >= 4 is 44.3 Å². The average molecular weight is 350 g/mol. The Labute approximate surface area is 156 Å². The second kappa shape index (κ2) is 5.41. The molecule has 4 aromatic rings. The van der Waals surface area contributed by atoms with Gasteiger partial charge in [0.15, 0.2) is 0 Å². The number of carbonyl (C=O) groups is 1. The van der Waals surface area contributed by atoms with Crippen molar-refractivity contribution in [1.82, 2.24) is 10.9 Å². The quantitative estimate of drug-likeness (QED) is 0.463.